The van der Waals surface area contributed by atoms with Crippen LogP contribution in [0.3, 0.4) is 0 Å². The van der Waals surface area contributed by atoms with Crippen LogP contribution in [0, 0.1) is 0 Å². The van der Waals surface area contributed by atoms with Crippen LogP contribution in [0.2, 0.25) is 0 Å². The lowest BCUT2D eigenvalue weighted by Crippen LogP contribution is -2.34. The number of hydrogen-bond acceptors (Lipinski definition) is 2. The summed E-state index contributed by atoms with van der Waals surface area (Å²) in [6.45, 7) is 1.41. The average molecular weight is 238 g/mol. The lowest BCUT2D eigenvalue weighted by Gasteiger charge is -2.26. The van der Waals surface area contributed by atoms with Crippen LogP contribution in [0.15, 0.2) is 24.3 Å². The van der Waals surface area contributed by atoms with Gasteiger partial charge in [-0.15, -0.1) is 0 Å². The lowest BCUT2D eigenvalue weighted by atomic mass is 9.77. The zero-order valence-corrected chi connectivity index (χ0v) is 9.61. The Balaban J connectivity index is 2.51. The van der Waals surface area contributed by atoms with E-state index in [4.69, 9.17) is 0 Å². The Labute approximate surface area is 98.9 Å². The topological polar surface area (TPSA) is 57.5 Å². The molecule has 0 amide bonds. The van der Waals surface area contributed by atoms with Crippen LogP contribution in [-0.4, -0.2) is 21.9 Å². The molecular formula is C13H15FO3. The third kappa shape index (κ3) is 1.88. The number of carboxylic acids is 1. The van der Waals surface area contributed by atoms with Gasteiger partial charge in [0.2, 0.25) is 0 Å². The third-order valence-corrected chi connectivity index (χ3v) is 3.57. The molecule has 2 unspecified atom stereocenters. The molecular weight excluding hydrogens is 223 g/mol. The zero-order chi connectivity index (χ0) is 12.7. The van der Waals surface area contributed by atoms with Crippen LogP contribution < -0.4 is 0 Å². The zero-order valence-electron chi connectivity index (χ0n) is 9.61. The Morgan fingerprint density at radius 2 is 2.00 bits per heavy atom. The molecule has 17 heavy (non-hydrogen) atoms. The summed E-state index contributed by atoms with van der Waals surface area (Å²) >= 11 is 0. The van der Waals surface area contributed by atoms with Gasteiger partial charge in [0.1, 0.15) is 11.4 Å². The van der Waals surface area contributed by atoms with Crippen LogP contribution in [0.5, 0.6) is 5.75 Å². The van der Waals surface area contributed by atoms with Crippen LogP contribution >= 0.6 is 0 Å². The Morgan fingerprint density at radius 3 is 2.47 bits per heavy atom. The monoisotopic (exact) mass is 238 g/mol. The molecule has 2 rings (SSSR count). The van der Waals surface area contributed by atoms with E-state index in [1.165, 1.54) is 13.0 Å². The Morgan fingerprint density at radius 1 is 1.35 bits per heavy atom. The maximum Gasteiger partial charge on any atom is 0.314 e. The van der Waals surface area contributed by atoms with Crippen molar-refractivity contribution in [2.24, 2.45) is 0 Å². The quantitative estimate of drug-likeness (QED) is 0.832. The summed E-state index contributed by atoms with van der Waals surface area (Å²) in [6, 6.07) is 6.28. The van der Waals surface area contributed by atoms with Gasteiger partial charge in [-0.05, 0) is 25.8 Å². The molecule has 2 N–H and O–H groups in total. The van der Waals surface area contributed by atoms with Gasteiger partial charge in [0.05, 0.1) is 5.41 Å². The molecule has 1 aliphatic rings. The lowest BCUT2D eigenvalue weighted by molar-refractivity contribution is -0.144. The number of hydrogen-bond donors (Lipinski definition) is 2. The third-order valence-electron chi connectivity index (χ3n) is 3.57. The second-order valence-corrected chi connectivity index (χ2v) is 4.99. The van der Waals surface area contributed by atoms with Crippen molar-refractivity contribution in [2.75, 3.05) is 0 Å². The van der Waals surface area contributed by atoms with E-state index >= 15 is 0 Å². The molecule has 1 aromatic carbocycles. The van der Waals surface area contributed by atoms with Crippen LogP contribution in [0.25, 0.3) is 0 Å². The van der Waals surface area contributed by atoms with Gasteiger partial charge in [0, 0.05) is 12.0 Å². The maximum absolute atomic E-state index is 13.9. The highest BCUT2D eigenvalue weighted by Gasteiger charge is 2.53. The molecule has 1 aliphatic carbocycles. The van der Waals surface area contributed by atoms with E-state index in [1.54, 1.807) is 18.2 Å². The molecule has 3 nitrogen and oxygen atoms in total. The average Bonchev–Trinajstić information content (AvgIpc) is 2.56. The minimum Gasteiger partial charge on any atom is -0.508 e. The number of carbonyl (C=O) groups is 1. The highest BCUT2D eigenvalue weighted by molar-refractivity contribution is 5.83. The SMILES string of the molecule is CC1(F)CCC(C(=O)O)(c2ccccc2O)C1. The molecule has 1 aromatic rings. The number of halogens is 1. The summed E-state index contributed by atoms with van der Waals surface area (Å²) in [5.41, 5.74) is -2.47. The standard InChI is InChI=1S/C13H15FO3/c1-12(14)6-7-13(8-12,11(16)17)9-4-2-3-5-10(9)15/h2-5,15H,6-8H2,1H3,(H,16,17). The second kappa shape index (κ2) is 3.72. The fourth-order valence-electron chi connectivity index (χ4n) is 2.69. The summed E-state index contributed by atoms with van der Waals surface area (Å²) < 4.78 is 13.9. The number of carboxylic acid groups (broad SMARTS) is 1. The molecule has 0 radical (unpaired) electrons. The Hall–Kier alpha value is -1.58. The summed E-state index contributed by atoms with van der Waals surface area (Å²) in [5, 5.41) is 19.2. The normalized spacial score (nSPS) is 32.6. The van der Waals surface area contributed by atoms with Crippen LogP contribution in [0.4, 0.5) is 4.39 Å². The molecule has 1 fully saturated rings. The molecule has 0 saturated heterocycles. The van der Waals surface area contributed by atoms with Crippen molar-refractivity contribution in [3.8, 4) is 5.75 Å². The smallest absolute Gasteiger partial charge is 0.314 e. The van der Waals surface area contributed by atoms with Crippen LogP contribution in [0.1, 0.15) is 31.7 Å². The number of benzene rings is 1. The first kappa shape index (κ1) is 11.9. The number of aromatic hydroxyl groups is 1. The minimum atomic E-state index is -1.49. The predicted octanol–water partition coefficient (Wildman–Crippen LogP) is 2.63. The van der Waals surface area contributed by atoms with Gasteiger partial charge in [0.25, 0.3) is 0 Å². The Kier molecular flexibility index (Phi) is 2.60. The van der Waals surface area contributed by atoms with E-state index in [9.17, 15) is 19.4 Å². The van der Waals surface area contributed by atoms with E-state index in [2.05, 4.69) is 0 Å². The summed E-state index contributed by atoms with van der Waals surface area (Å²) in [4.78, 5) is 11.5. The van der Waals surface area contributed by atoms with Gasteiger partial charge < -0.3 is 10.2 Å². The molecule has 4 heteroatoms. The van der Waals surface area contributed by atoms with Crippen molar-refractivity contribution >= 4 is 5.97 Å². The second-order valence-electron chi connectivity index (χ2n) is 4.99. The number of phenolic OH excluding ortho intramolecular Hbond substituents is 1. The highest BCUT2D eigenvalue weighted by atomic mass is 19.1. The minimum absolute atomic E-state index is 0.0763. The van der Waals surface area contributed by atoms with Crippen molar-refractivity contribution in [3.05, 3.63) is 29.8 Å². The van der Waals surface area contributed by atoms with Gasteiger partial charge in [-0.1, -0.05) is 18.2 Å². The molecule has 0 heterocycles. The Bertz CT molecular complexity index is 456. The number of phenols is 1. The summed E-state index contributed by atoms with van der Waals surface area (Å²) in [5.74, 6) is -1.15. The highest BCUT2D eigenvalue weighted by Crippen LogP contribution is 2.50. The first-order valence-corrected chi connectivity index (χ1v) is 5.58. The molecule has 0 spiro atoms. The van der Waals surface area contributed by atoms with Gasteiger partial charge >= 0.3 is 5.97 Å². The molecule has 92 valence electrons. The van der Waals surface area contributed by atoms with E-state index in [0.29, 0.717) is 5.56 Å². The van der Waals surface area contributed by atoms with E-state index in [-0.39, 0.29) is 25.0 Å². The van der Waals surface area contributed by atoms with Gasteiger partial charge in [-0.25, -0.2) is 4.39 Å². The maximum atomic E-state index is 13.9. The first-order chi connectivity index (χ1) is 7.87. The fraction of sp³-hybridized carbons (Fsp3) is 0.462. The number of alkyl halides is 1. The van der Waals surface area contributed by atoms with E-state index in [1.807, 2.05) is 0 Å². The number of rotatable bonds is 2. The van der Waals surface area contributed by atoms with Crippen molar-refractivity contribution in [1.29, 1.82) is 0 Å². The van der Waals surface area contributed by atoms with Crippen LogP contribution in [-0.2, 0) is 10.2 Å². The largest absolute Gasteiger partial charge is 0.508 e. The molecule has 1 saturated carbocycles. The fourth-order valence-corrected chi connectivity index (χ4v) is 2.69. The van der Waals surface area contributed by atoms with E-state index in [0.717, 1.165) is 0 Å². The summed E-state index contributed by atoms with van der Waals surface area (Å²) in [6.07, 6.45) is 0.327. The van der Waals surface area contributed by atoms with Gasteiger partial charge in [0.15, 0.2) is 0 Å². The van der Waals surface area contributed by atoms with Gasteiger partial charge in [-0.2, -0.15) is 0 Å². The molecule has 0 bridgehead atoms. The van der Waals surface area contributed by atoms with Gasteiger partial charge in [-0.3, -0.25) is 4.79 Å². The molecule has 2 atom stereocenters. The van der Waals surface area contributed by atoms with E-state index < -0.39 is 17.1 Å². The van der Waals surface area contributed by atoms with Crippen molar-refractivity contribution in [2.45, 2.75) is 37.3 Å². The predicted molar refractivity (Wildman–Crippen MR) is 60.8 cm³/mol. The molecule has 0 aromatic heterocycles. The van der Waals surface area contributed by atoms with Crippen molar-refractivity contribution in [3.63, 3.8) is 0 Å². The van der Waals surface area contributed by atoms with Crippen molar-refractivity contribution in [1.82, 2.24) is 0 Å². The molecule has 0 aliphatic heterocycles. The summed E-state index contributed by atoms with van der Waals surface area (Å²) in [7, 11) is 0. The first-order valence-electron chi connectivity index (χ1n) is 5.58. The number of para-hydroxylation sites is 1. The number of aliphatic carboxylic acids is 1. The van der Waals surface area contributed by atoms with Crippen molar-refractivity contribution < 1.29 is 19.4 Å².